The summed E-state index contributed by atoms with van der Waals surface area (Å²) in [4.78, 5) is 6.68. The summed E-state index contributed by atoms with van der Waals surface area (Å²) in [7, 11) is 1.66. The standard InChI is InChI=1S/C26H41F2N3O3/c1-21-5-10-29(11-6-21)15-16-34-23-4-3-22(17-24(23)33-2)18-31-12-7-25(32,20-31)19-30-13-8-26(27,28)9-14-30/h3-4,17,21,32H,5-16,18-20H2,1-2H3/t25-/m0/s1. The van der Waals surface area contributed by atoms with Crippen molar-refractivity contribution in [3.8, 4) is 11.5 Å². The van der Waals surface area contributed by atoms with Gasteiger partial charge in [-0.15, -0.1) is 0 Å². The molecule has 0 bridgehead atoms. The fourth-order valence-corrected chi connectivity index (χ4v) is 5.42. The van der Waals surface area contributed by atoms with Crippen LogP contribution in [0.1, 0.15) is 44.6 Å². The zero-order valence-corrected chi connectivity index (χ0v) is 20.8. The predicted octanol–water partition coefficient (Wildman–Crippen LogP) is 3.47. The quantitative estimate of drug-likeness (QED) is 0.583. The van der Waals surface area contributed by atoms with Crippen molar-refractivity contribution in [2.24, 2.45) is 5.92 Å². The van der Waals surface area contributed by atoms with E-state index in [1.165, 1.54) is 12.8 Å². The van der Waals surface area contributed by atoms with Crippen LogP contribution in [-0.2, 0) is 6.54 Å². The molecule has 4 rings (SSSR count). The van der Waals surface area contributed by atoms with Gasteiger partial charge in [0.2, 0.25) is 0 Å². The lowest BCUT2D eigenvalue weighted by atomic mass is 9.99. The molecule has 0 spiro atoms. The molecule has 0 amide bonds. The zero-order chi connectivity index (χ0) is 24.2. The van der Waals surface area contributed by atoms with Crippen molar-refractivity contribution in [3.63, 3.8) is 0 Å². The van der Waals surface area contributed by atoms with E-state index in [0.717, 1.165) is 49.2 Å². The SMILES string of the molecule is COc1cc(CN2CC[C@](O)(CN3CCC(F)(F)CC3)C2)ccc1OCCN1CCC(C)CC1. The van der Waals surface area contributed by atoms with E-state index in [0.29, 0.717) is 45.8 Å². The number of rotatable bonds is 9. The van der Waals surface area contributed by atoms with Crippen LogP contribution in [-0.4, -0.2) is 97.4 Å². The van der Waals surface area contributed by atoms with E-state index >= 15 is 0 Å². The summed E-state index contributed by atoms with van der Waals surface area (Å²) in [6.07, 6.45) is 2.96. The Morgan fingerprint density at radius 2 is 1.68 bits per heavy atom. The number of halogens is 2. The van der Waals surface area contributed by atoms with E-state index in [-0.39, 0.29) is 12.8 Å². The lowest BCUT2D eigenvalue weighted by Crippen LogP contribution is -2.49. The molecule has 6 nitrogen and oxygen atoms in total. The minimum Gasteiger partial charge on any atom is -0.493 e. The second-order valence-electron chi connectivity index (χ2n) is 10.7. The number of piperidine rings is 2. The Bertz CT molecular complexity index is 793. The van der Waals surface area contributed by atoms with Crippen LogP contribution >= 0.6 is 0 Å². The highest BCUT2D eigenvalue weighted by Gasteiger charge is 2.40. The second-order valence-corrected chi connectivity index (χ2v) is 10.7. The summed E-state index contributed by atoms with van der Waals surface area (Å²) in [5, 5.41) is 11.1. The molecule has 1 N–H and O–H groups in total. The van der Waals surface area contributed by atoms with Crippen molar-refractivity contribution in [3.05, 3.63) is 23.8 Å². The number of benzene rings is 1. The maximum Gasteiger partial charge on any atom is 0.250 e. The summed E-state index contributed by atoms with van der Waals surface area (Å²) >= 11 is 0. The maximum absolute atomic E-state index is 13.4. The number of hydrogen-bond acceptors (Lipinski definition) is 6. The Balaban J connectivity index is 1.24. The van der Waals surface area contributed by atoms with Crippen LogP contribution in [0.5, 0.6) is 11.5 Å². The number of aliphatic hydroxyl groups is 1. The first-order valence-corrected chi connectivity index (χ1v) is 12.8. The second kappa shape index (κ2) is 11.1. The molecule has 0 radical (unpaired) electrons. The molecule has 1 aromatic carbocycles. The average molecular weight is 482 g/mol. The topological polar surface area (TPSA) is 48.4 Å². The van der Waals surface area contributed by atoms with Crippen molar-refractivity contribution >= 4 is 0 Å². The average Bonchev–Trinajstić information content (AvgIpc) is 3.17. The maximum atomic E-state index is 13.4. The number of hydrogen-bond donors (Lipinski definition) is 1. The Labute approximate surface area is 202 Å². The summed E-state index contributed by atoms with van der Waals surface area (Å²) in [6.45, 7) is 9.40. The van der Waals surface area contributed by atoms with Gasteiger partial charge in [0.05, 0.1) is 12.7 Å². The van der Waals surface area contributed by atoms with Crippen molar-refractivity contribution in [2.45, 2.75) is 57.1 Å². The molecule has 3 aliphatic rings. The van der Waals surface area contributed by atoms with Crippen LogP contribution in [0.4, 0.5) is 8.78 Å². The first-order chi connectivity index (χ1) is 16.2. The minimum atomic E-state index is -2.55. The molecule has 192 valence electrons. The molecule has 34 heavy (non-hydrogen) atoms. The van der Waals surface area contributed by atoms with Crippen LogP contribution in [0.25, 0.3) is 0 Å². The molecule has 1 aromatic rings. The third-order valence-corrected chi connectivity index (χ3v) is 7.69. The van der Waals surface area contributed by atoms with E-state index in [1.807, 2.05) is 17.0 Å². The Hall–Kier alpha value is -1.48. The first kappa shape index (κ1) is 25.6. The largest absolute Gasteiger partial charge is 0.493 e. The van der Waals surface area contributed by atoms with Crippen molar-refractivity contribution < 1.29 is 23.4 Å². The Morgan fingerprint density at radius 1 is 0.971 bits per heavy atom. The molecule has 3 aliphatic heterocycles. The molecule has 3 saturated heterocycles. The van der Waals surface area contributed by atoms with Gasteiger partial charge in [0, 0.05) is 58.7 Å². The number of alkyl halides is 2. The lowest BCUT2D eigenvalue weighted by molar-refractivity contribution is -0.0724. The van der Waals surface area contributed by atoms with Gasteiger partial charge in [0.1, 0.15) is 6.61 Å². The van der Waals surface area contributed by atoms with Crippen LogP contribution in [0, 0.1) is 5.92 Å². The molecule has 0 aliphatic carbocycles. The number of ether oxygens (including phenoxy) is 2. The molecule has 0 saturated carbocycles. The van der Waals surface area contributed by atoms with Crippen molar-refractivity contribution in [2.75, 3.05) is 66.1 Å². The third kappa shape index (κ3) is 7.03. The van der Waals surface area contributed by atoms with Crippen LogP contribution in [0.3, 0.4) is 0 Å². The smallest absolute Gasteiger partial charge is 0.250 e. The van der Waals surface area contributed by atoms with Crippen LogP contribution in [0.15, 0.2) is 18.2 Å². The minimum absolute atomic E-state index is 0.113. The molecule has 3 fully saturated rings. The van der Waals surface area contributed by atoms with Gasteiger partial charge < -0.3 is 14.6 Å². The monoisotopic (exact) mass is 481 g/mol. The first-order valence-electron chi connectivity index (χ1n) is 12.8. The van der Waals surface area contributed by atoms with Gasteiger partial charge in [0.25, 0.3) is 5.92 Å². The highest BCUT2D eigenvalue weighted by Crippen LogP contribution is 2.32. The normalized spacial score (nSPS) is 27.2. The lowest BCUT2D eigenvalue weighted by Gasteiger charge is -2.36. The van der Waals surface area contributed by atoms with Gasteiger partial charge in [-0.05, 0) is 56.0 Å². The molecule has 1 atom stereocenters. The summed E-state index contributed by atoms with van der Waals surface area (Å²) < 4.78 is 38.5. The number of β-amino-alcohol motifs (C(OH)–C–C–N with tert-alkyl or cyclic N) is 1. The van der Waals surface area contributed by atoms with Crippen LogP contribution in [0.2, 0.25) is 0 Å². The molecule has 3 heterocycles. The molecule has 0 aromatic heterocycles. The number of nitrogens with zero attached hydrogens (tertiary/aromatic N) is 3. The highest BCUT2D eigenvalue weighted by molar-refractivity contribution is 5.43. The fraction of sp³-hybridized carbons (Fsp3) is 0.769. The van der Waals surface area contributed by atoms with Gasteiger partial charge in [-0.25, -0.2) is 8.78 Å². The predicted molar refractivity (Wildman–Crippen MR) is 129 cm³/mol. The van der Waals surface area contributed by atoms with E-state index in [2.05, 4.69) is 22.8 Å². The summed E-state index contributed by atoms with van der Waals surface area (Å²) in [5.74, 6) is -0.235. The van der Waals surface area contributed by atoms with E-state index in [9.17, 15) is 13.9 Å². The summed E-state index contributed by atoms with van der Waals surface area (Å²) in [6, 6.07) is 6.05. The Morgan fingerprint density at radius 3 is 2.38 bits per heavy atom. The zero-order valence-electron chi connectivity index (χ0n) is 20.8. The molecule has 0 unspecified atom stereocenters. The van der Waals surface area contributed by atoms with Crippen LogP contribution < -0.4 is 9.47 Å². The van der Waals surface area contributed by atoms with E-state index in [4.69, 9.17) is 9.47 Å². The van der Waals surface area contributed by atoms with Gasteiger partial charge in [-0.3, -0.25) is 14.7 Å². The van der Waals surface area contributed by atoms with Gasteiger partial charge in [-0.2, -0.15) is 0 Å². The Kier molecular flexibility index (Phi) is 8.33. The van der Waals surface area contributed by atoms with Crippen molar-refractivity contribution in [1.82, 2.24) is 14.7 Å². The van der Waals surface area contributed by atoms with E-state index in [1.54, 1.807) is 7.11 Å². The number of likely N-dealkylation sites (tertiary alicyclic amines) is 3. The summed E-state index contributed by atoms with van der Waals surface area (Å²) in [5.41, 5.74) is 0.266. The fourth-order valence-electron chi connectivity index (χ4n) is 5.42. The van der Waals surface area contributed by atoms with Gasteiger partial charge in [0.15, 0.2) is 11.5 Å². The van der Waals surface area contributed by atoms with E-state index < -0.39 is 11.5 Å². The van der Waals surface area contributed by atoms with Crippen molar-refractivity contribution in [1.29, 1.82) is 0 Å². The highest BCUT2D eigenvalue weighted by atomic mass is 19.3. The molecule has 8 heteroatoms. The molecular weight excluding hydrogens is 440 g/mol. The number of methoxy groups -OCH3 is 1. The third-order valence-electron chi connectivity index (χ3n) is 7.69. The van der Waals surface area contributed by atoms with Gasteiger partial charge in [-0.1, -0.05) is 13.0 Å². The molecular formula is C26H41F2N3O3. The van der Waals surface area contributed by atoms with Gasteiger partial charge >= 0.3 is 0 Å².